The summed E-state index contributed by atoms with van der Waals surface area (Å²) >= 11 is 1.83. The SMILES string of the molecule is CC[C@H](N)c1ccccc1N(C)C(C)Cc1cccs1. The number of rotatable bonds is 6. The Morgan fingerprint density at radius 1 is 1.20 bits per heavy atom. The Kier molecular flexibility index (Phi) is 5.21. The molecule has 1 aromatic heterocycles. The van der Waals surface area contributed by atoms with Gasteiger partial charge in [-0.1, -0.05) is 31.2 Å². The van der Waals surface area contributed by atoms with Crippen molar-refractivity contribution >= 4 is 17.0 Å². The van der Waals surface area contributed by atoms with Crippen LogP contribution < -0.4 is 10.6 Å². The van der Waals surface area contributed by atoms with Gasteiger partial charge < -0.3 is 10.6 Å². The molecule has 0 spiro atoms. The van der Waals surface area contributed by atoms with E-state index in [1.165, 1.54) is 16.1 Å². The molecule has 0 fully saturated rings. The predicted molar refractivity (Wildman–Crippen MR) is 89.5 cm³/mol. The molecule has 0 aliphatic carbocycles. The standard InChI is InChI=1S/C17H24N2S/c1-4-16(18)15-9-5-6-10-17(15)19(3)13(2)12-14-8-7-11-20-14/h5-11,13,16H,4,12,18H2,1-3H3/t13?,16-/m0/s1. The molecule has 0 bridgehead atoms. The maximum atomic E-state index is 6.24. The highest BCUT2D eigenvalue weighted by Crippen LogP contribution is 2.28. The molecule has 1 heterocycles. The van der Waals surface area contributed by atoms with E-state index in [0.29, 0.717) is 6.04 Å². The van der Waals surface area contributed by atoms with E-state index in [1.807, 2.05) is 11.3 Å². The summed E-state index contributed by atoms with van der Waals surface area (Å²) in [7, 11) is 2.17. The zero-order valence-corrected chi connectivity index (χ0v) is 13.4. The van der Waals surface area contributed by atoms with Gasteiger partial charge in [-0.3, -0.25) is 0 Å². The number of benzene rings is 1. The van der Waals surface area contributed by atoms with Crippen LogP contribution in [-0.4, -0.2) is 13.1 Å². The van der Waals surface area contributed by atoms with Gasteiger partial charge in [-0.05, 0) is 36.4 Å². The molecule has 3 heteroatoms. The van der Waals surface area contributed by atoms with Crippen molar-refractivity contribution in [1.82, 2.24) is 0 Å². The fraction of sp³-hybridized carbons (Fsp3) is 0.412. The molecule has 2 aromatic rings. The molecule has 0 saturated carbocycles. The van der Waals surface area contributed by atoms with Gasteiger partial charge in [-0.25, -0.2) is 0 Å². The molecule has 0 amide bonds. The summed E-state index contributed by atoms with van der Waals surface area (Å²) in [6.07, 6.45) is 2.04. The predicted octanol–water partition coefficient (Wildman–Crippen LogP) is 4.23. The van der Waals surface area contributed by atoms with Crippen LogP contribution in [0.4, 0.5) is 5.69 Å². The lowest BCUT2D eigenvalue weighted by atomic mass is 10.0. The van der Waals surface area contributed by atoms with Crippen LogP contribution in [-0.2, 0) is 6.42 Å². The minimum Gasteiger partial charge on any atom is -0.371 e. The third kappa shape index (κ3) is 3.41. The number of likely N-dealkylation sites (N-methyl/N-ethyl adjacent to an activating group) is 1. The highest BCUT2D eigenvalue weighted by atomic mass is 32.1. The van der Waals surface area contributed by atoms with Crippen LogP contribution in [0.25, 0.3) is 0 Å². The van der Waals surface area contributed by atoms with E-state index in [0.717, 1.165) is 12.8 Å². The smallest absolute Gasteiger partial charge is 0.0414 e. The minimum absolute atomic E-state index is 0.114. The van der Waals surface area contributed by atoms with E-state index in [-0.39, 0.29) is 6.04 Å². The van der Waals surface area contributed by atoms with Crippen molar-refractivity contribution in [3.63, 3.8) is 0 Å². The molecule has 0 radical (unpaired) electrons. The number of nitrogens with two attached hydrogens (primary N) is 1. The number of para-hydroxylation sites is 1. The quantitative estimate of drug-likeness (QED) is 0.862. The van der Waals surface area contributed by atoms with Crippen molar-refractivity contribution in [3.05, 3.63) is 52.2 Å². The average Bonchev–Trinajstić information content (AvgIpc) is 2.98. The fourth-order valence-electron chi connectivity index (χ4n) is 2.44. The lowest BCUT2D eigenvalue weighted by Crippen LogP contribution is -2.32. The van der Waals surface area contributed by atoms with Crippen LogP contribution in [0.1, 0.15) is 36.8 Å². The molecule has 1 unspecified atom stereocenters. The van der Waals surface area contributed by atoms with E-state index in [2.05, 4.69) is 67.6 Å². The van der Waals surface area contributed by atoms with Gasteiger partial charge >= 0.3 is 0 Å². The lowest BCUT2D eigenvalue weighted by molar-refractivity contribution is 0.661. The molecule has 2 N–H and O–H groups in total. The summed E-state index contributed by atoms with van der Waals surface area (Å²) in [4.78, 5) is 3.78. The van der Waals surface area contributed by atoms with Gasteiger partial charge in [-0.2, -0.15) is 0 Å². The first-order valence-electron chi connectivity index (χ1n) is 7.23. The van der Waals surface area contributed by atoms with E-state index in [4.69, 9.17) is 5.73 Å². The first-order chi connectivity index (χ1) is 9.63. The Bertz CT molecular complexity index is 522. The number of anilines is 1. The topological polar surface area (TPSA) is 29.3 Å². The molecular formula is C17H24N2S. The van der Waals surface area contributed by atoms with Crippen molar-refractivity contribution in [2.75, 3.05) is 11.9 Å². The lowest BCUT2D eigenvalue weighted by Gasteiger charge is -2.30. The number of thiophene rings is 1. The van der Waals surface area contributed by atoms with Gasteiger partial charge in [0.25, 0.3) is 0 Å². The molecule has 20 heavy (non-hydrogen) atoms. The van der Waals surface area contributed by atoms with Gasteiger partial charge in [0.05, 0.1) is 0 Å². The zero-order chi connectivity index (χ0) is 14.5. The fourth-order valence-corrected chi connectivity index (χ4v) is 3.26. The number of hydrogen-bond donors (Lipinski definition) is 1. The van der Waals surface area contributed by atoms with Crippen LogP contribution in [0.15, 0.2) is 41.8 Å². The first kappa shape index (κ1) is 15.1. The second-order valence-corrected chi connectivity index (χ2v) is 6.35. The maximum absolute atomic E-state index is 6.24. The third-order valence-electron chi connectivity index (χ3n) is 3.89. The third-order valence-corrected chi connectivity index (χ3v) is 4.79. The highest BCUT2D eigenvalue weighted by Gasteiger charge is 2.16. The van der Waals surface area contributed by atoms with E-state index >= 15 is 0 Å². The van der Waals surface area contributed by atoms with Crippen molar-refractivity contribution in [2.24, 2.45) is 5.73 Å². The normalized spacial score (nSPS) is 14.0. The molecule has 0 saturated heterocycles. The molecule has 2 rings (SSSR count). The molecule has 108 valence electrons. The highest BCUT2D eigenvalue weighted by molar-refractivity contribution is 7.09. The summed E-state index contributed by atoms with van der Waals surface area (Å²) in [6.45, 7) is 4.41. The van der Waals surface area contributed by atoms with E-state index in [9.17, 15) is 0 Å². The Morgan fingerprint density at radius 3 is 2.60 bits per heavy atom. The van der Waals surface area contributed by atoms with Gasteiger partial charge in [-0.15, -0.1) is 11.3 Å². The maximum Gasteiger partial charge on any atom is 0.0414 e. The summed E-state index contributed by atoms with van der Waals surface area (Å²) < 4.78 is 0. The van der Waals surface area contributed by atoms with E-state index < -0.39 is 0 Å². The second kappa shape index (κ2) is 6.91. The van der Waals surface area contributed by atoms with Crippen molar-refractivity contribution in [3.8, 4) is 0 Å². The zero-order valence-electron chi connectivity index (χ0n) is 12.5. The molecular weight excluding hydrogens is 264 g/mol. The monoisotopic (exact) mass is 288 g/mol. The number of nitrogens with zero attached hydrogens (tertiary/aromatic N) is 1. The van der Waals surface area contributed by atoms with Crippen LogP contribution in [0.5, 0.6) is 0 Å². The Hall–Kier alpha value is -1.32. The molecule has 2 nitrogen and oxygen atoms in total. The minimum atomic E-state index is 0.114. The largest absolute Gasteiger partial charge is 0.371 e. The van der Waals surface area contributed by atoms with Crippen LogP contribution in [0, 0.1) is 0 Å². The van der Waals surface area contributed by atoms with Gasteiger partial charge in [0.15, 0.2) is 0 Å². The molecule has 1 aromatic carbocycles. The van der Waals surface area contributed by atoms with Crippen molar-refractivity contribution < 1.29 is 0 Å². The van der Waals surface area contributed by atoms with Crippen LogP contribution in [0.2, 0.25) is 0 Å². The van der Waals surface area contributed by atoms with Gasteiger partial charge in [0.1, 0.15) is 0 Å². The van der Waals surface area contributed by atoms with E-state index in [1.54, 1.807) is 0 Å². The van der Waals surface area contributed by atoms with Crippen LogP contribution in [0.3, 0.4) is 0 Å². The Morgan fingerprint density at radius 2 is 1.95 bits per heavy atom. The second-order valence-electron chi connectivity index (χ2n) is 5.32. The Labute approximate surface area is 126 Å². The van der Waals surface area contributed by atoms with Crippen molar-refractivity contribution in [1.29, 1.82) is 0 Å². The van der Waals surface area contributed by atoms with Gasteiger partial charge in [0, 0.05) is 36.1 Å². The number of hydrogen-bond acceptors (Lipinski definition) is 3. The molecule has 0 aliphatic rings. The summed E-state index contributed by atoms with van der Waals surface area (Å²) in [6, 6.07) is 13.4. The molecule has 0 aliphatic heterocycles. The van der Waals surface area contributed by atoms with Gasteiger partial charge in [0.2, 0.25) is 0 Å². The summed E-state index contributed by atoms with van der Waals surface area (Å²) in [5.74, 6) is 0. The van der Waals surface area contributed by atoms with Crippen molar-refractivity contribution in [2.45, 2.75) is 38.8 Å². The van der Waals surface area contributed by atoms with Crippen LogP contribution >= 0.6 is 11.3 Å². The molecule has 2 atom stereocenters. The Balaban J connectivity index is 2.17. The first-order valence-corrected chi connectivity index (χ1v) is 8.11. The average molecular weight is 288 g/mol. The summed E-state index contributed by atoms with van der Waals surface area (Å²) in [5, 5.41) is 2.14. The summed E-state index contributed by atoms with van der Waals surface area (Å²) in [5.41, 5.74) is 8.75.